The van der Waals surface area contributed by atoms with Gasteiger partial charge in [0.2, 0.25) is 0 Å². The molecule has 1 heterocycles. The predicted octanol–water partition coefficient (Wildman–Crippen LogP) is -0.229. The summed E-state index contributed by atoms with van der Waals surface area (Å²) in [6.45, 7) is 1.05. The molecule has 0 aromatic heterocycles. The van der Waals surface area contributed by atoms with E-state index in [1.54, 1.807) is 0 Å². The van der Waals surface area contributed by atoms with Crippen molar-refractivity contribution in [3.8, 4) is 0 Å². The molecule has 1 amide bonds. The summed E-state index contributed by atoms with van der Waals surface area (Å²) in [6, 6.07) is -0.805. The minimum atomic E-state index is -0.984. The summed E-state index contributed by atoms with van der Waals surface area (Å²) in [5.41, 5.74) is 0. The molecule has 0 aromatic carbocycles. The van der Waals surface area contributed by atoms with E-state index in [0.29, 0.717) is 25.6 Å². The maximum absolute atomic E-state index is 11.7. The van der Waals surface area contributed by atoms with Crippen LogP contribution in [-0.4, -0.2) is 48.9 Å². The fourth-order valence-electron chi connectivity index (χ4n) is 1.81. The van der Waals surface area contributed by atoms with Gasteiger partial charge in [0.1, 0.15) is 6.04 Å². The van der Waals surface area contributed by atoms with Crippen LogP contribution in [0.3, 0.4) is 0 Å². The normalized spacial score (nSPS) is 26.2. The van der Waals surface area contributed by atoms with Gasteiger partial charge in [-0.25, -0.2) is 4.79 Å². The number of aliphatic carboxylic acids is 1. The van der Waals surface area contributed by atoms with E-state index in [2.05, 4.69) is 5.32 Å². The summed E-state index contributed by atoms with van der Waals surface area (Å²) in [7, 11) is 0. The molecule has 0 aromatic rings. The van der Waals surface area contributed by atoms with Crippen molar-refractivity contribution in [1.29, 1.82) is 0 Å². The smallest absolute Gasteiger partial charge is 0.326 e. The predicted molar refractivity (Wildman–Crippen MR) is 57.5 cm³/mol. The molecule has 1 aliphatic heterocycles. The first kappa shape index (κ1) is 12.3. The number of carbonyl (C=O) groups is 2. The Bertz CT molecular complexity index is 296. The third-order valence-electron chi connectivity index (χ3n) is 2.99. The molecule has 2 rings (SSSR count). The topological polar surface area (TPSA) is 84.9 Å². The third-order valence-corrected chi connectivity index (χ3v) is 2.99. The van der Waals surface area contributed by atoms with E-state index in [0.717, 1.165) is 12.8 Å². The molecule has 2 fully saturated rings. The van der Waals surface area contributed by atoms with E-state index in [4.69, 9.17) is 14.6 Å². The van der Waals surface area contributed by atoms with Crippen LogP contribution < -0.4 is 5.32 Å². The zero-order valence-electron chi connectivity index (χ0n) is 9.55. The lowest BCUT2D eigenvalue weighted by Gasteiger charge is -2.24. The van der Waals surface area contributed by atoms with Crippen LogP contribution in [0, 0.1) is 5.92 Å². The number of ether oxygens (including phenoxy) is 2. The van der Waals surface area contributed by atoms with Crippen LogP contribution in [0.4, 0.5) is 0 Å². The molecule has 0 bridgehead atoms. The Kier molecular flexibility index (Phi) is 3.96. The lowest BCUT2D eigenvalue weighted by atomic mass is 10.1. The second kappa shape index (κ2) is 5.46. The Morgan fingerprint density at radius 2 is 2.12 bits per heavy atom. The molecule has 2 atom stereocenters. The Labute approximate surface area is 99.3 Å². The Balaban J connectivity index is 1.82. The fraction of sp³-hybridized carbons (Fsp3) is 0.818. The summed E-state index contributed by atoms with van der Waals surface area (Å²) in [4.78, 5) is 22.7. The van der Waals surface area contributed by atoms with E-state index in [9.17, 15) is 9.59 Å². The van der Waals surface area contributed by atoms with Gasteiger partial charge < -0.3 is 19.9 Å². The van der Waals surface area contributed by atoms with Crippen molar-refractivity contribution in [3.63, 3.8) is 0 Å². The van der Waals surface area contributed by atoms with Crippen molar-refractivity contribution in [3.05, 3.63) is 0 Å². The Morgan fingerprint density at radius 3 is 2.65 bits per heavy atom. The van der Waals surface area contributed by atoms with Gasteiger partial charge in [-0.2, -0.15) is 0 Å². The average Bonchev–Trinajstić information content (AvgIpc) is 3.13. The van der Waals surface area contributed by atoms with Crippen molar-refractivity contribution in [2.24, 2.45) is 5.92 Å². The SMILES string of the molecule is O=C(O)C(CC1CC1)NC(=O)C1COCCO1. The number of rotatable bonds is 5. The van der Waals surface area contributed by atoms with Gasteiger partial charge in [0.15, 0.2) is 6.10 Å². The average molecular weight is 243 g/mol. The molecule has 1 saturated carbocycles. The van der Waals surface area contributed by atoms with Crippen LogP contribution in [-0.2, 0) is 19.1 Å². The number of carbonyl (C=O) groups excluding carboxylic acids is 1. The van der Waals surface area contributed by atoms with Crippen LogP contribution in [0.15, 0.2) is 0 Å². The number of amides is 1. The van der Waals surface area contributed by atoms with Crippen LogP contribution in [0.25, 0.3) is 0 Å². The quantitative estimate of drug-likeness (QED) is 0.696. The van der Waals surface area contributed by atoms with E-state index >= 15 is 0 Å². The van der Waals surface area contributed by atoms with Crippen LogP contribution in [0.1, 0.15) is 19.3 Å². The van der Waals surface area contributed by atoms with Gasteiger partial charge in [0, 0.05) is 0 Å². The first-order valence-electron chi connectivity index (χ1n) is 5.89. The van der Waals surface area contributed by atoms with Gasteiger partial charge in [0.25, 0.3) is 5.91 Å². The van der Waals surface area contributed by atoms with Crippen molar-refractivity contribution < 1.29 is 24.2 Å². The van der Waals surface area contributed by atoms with E-state index in [1.165, 1.54) is 0 Å². The summed E-state index contributed by atoms with van der Waals surface area (Å²) < 4.78 is 10.3. The third kappa shape index (κ3) is 3.67. The molecule has 2 unspecified atom stereocenters. The maximum atomic E-state index is 11.7. The Morgan fingerprint density at radius 1 is 1.35 bits per heavy atom. The number of hydrogen-bond acceptors (Lipinski definition) is 4. The highest BCUT2D eigenvalue weighted by atomic mass is 16.6. The molecular formula is C11H17NO5. The zero-order chi connectivity index (χ0) is 12.3. The van der Waals surface area contributed by atoms with Gasteiger partial charge in [0.05, 0.1) is 19.8 Å². The fourth-order valence-corrected chi connectivity index (χ4v) is 1.81. The lowest BCUT2D eigenvalue weighted by molar-refractivity contribution is -0.152. The molecule has 6 nitrogen and oxygen atoms in total. The van der Waals surface area contributed by atoms with Gasteiger partial charge in [-0.15, -0.1) is 0 Å². The molecule has 6 heteroatoms. The number of carboxylic acid groups (broad SMARTS) is 1. The summed E-state index contributed by atoms with van der Waals surface area (Å²) in [6.07, 6.45) is 1.95. The highest BCUT2D eigenvalue weighted by molar-refractivity contribution is 5.86. The standard InChI is InChI=1S/C11H17NO5/c13-10(9-6-16-3-4-17-9)12-8(11(14)15)5-7-1-2-7/h7-9H,1-6H2,(H,12,13)(H,14,15). The van der Waals surface area contributed by atoms with Crippen molar-refractivity contribution in [1.82, 2.24) is 5.32 Å². The molecule has 17 heavy (non-hydrogen) atoms. The molecule has 1 aliphatic carbocycles. The van der Waals surface area contributed by atoms with E-state index in [-0.39, 0.29) is 6.61 Å². The van der Waals surface area contributed by atoms with Crippen LogP contribution in [0.2, 0.25) is 0 Å². The maximum Gasteiger partial charge on any atom is 0.326 e. The summed E-state index contributed by atoms with van der Waals surface area (Å²) in [5.74, 6) is -0.931. The minimum absolute atomic E-state index is 0.196. The molecular weight excluding hydrogens is 226 g/mol. The number of nitrogens with one attached hydrogen (secondary N) is 1. The van der Waals surface area contributed by atoms with Gasteiger partial charge in [-0.05, 0) is 12.3 Å². The Hall–Kier alpha value is -1.14. The van der Waals surface area contributed by atoms with Crippen molar-refractivity contribution in [2.75, 3.05) is 19.8 Å². The largest absolute Gasteiger partial charge is 0.480 e. The van der Waals surface area contributed by atoms with E-state index in [1.807, 2.05) is 0 Å². The lowest BCUT2D eigenvalue weighted by Crippen LogP contribution is -2.49. The highest BCUT2D eigenvalue weighted by Crippen LogP contribution is 2.33. The molecule has 96 valence electrons. The van der Waals surface area contributed by atoms with Crippen LogP contribution >= 0.6 is 0 Å². The highest BCUT2D eigenvalue weighted by Gasteiger charge is 2.32. The molecule has 2 aliphatic rings. The molecule has 2 N–H and O–H groups in total. The molecule has 0 spiro atoms. The molecule has 0 radical (unpaired) electrons. The minimum Gasteiger partial charge on any atom is -0.480 e. The van der Waals surface area contributed by atoms with Crippen LogP contribution in [0.5, 0.6) is 0 Å². The van der Waals surface area contributed by atoms with Gasteiger partial charge >= 0.3 is 5.97 Å². The monoisotopic (exact) mass is 243 g/mol. The number of carboxylic acids is 1. The van der Waals surface area contributed by atoms with Gasteiger partial charge in [-0.1, -0.05) is 12.8 Å². The van der Waals surface area contributed by atoms with Crippen molar-refractivity contribution >= 4 is 11.9 Å². The molecule has 1 saturated heterocycles. The second-order valence-corrected chi connectivity index (χ2v) is 4.51. The van der Waals surface area contributed by atoms with E-state index < -0.39 is 24.0 Å². The number of hydrogen-bond donors (Lipinski definition) is 2. The van der Waals surface area contributed by atoms with Gasteiger partial charge in [-0.3, -0.25) is 4.79 Å². The first-order chi connectivity index (χ1) is 8.16. The summed E-state index contributed by atoms with van der Waals surface area (Å²) >= 11 is 0. The second-order valence-electron chi connectivity index (χ2n) is 4.51. The van der Waals surface area contributed by atoms with Crippen molar-refractivity contribution in [2.45, 2.75) is 31.4 Å². The summed E-state index contributed by atoms with van der Waals surface area (Å²) in [5, 5.41) is 11.5. The first-order valence-corrected chi connectivity index (χ1v) is 5.89. The zero-order valence-corrected chi connectivity index (χ0v) is 9.55.